The van der Waals surface area contributed by atoms with Crippen molar-refractivity contribution in [1.82, 2.24) is 9.97 Å². The molecule has 3 aromatic rings. The van der Waals surface area contributed by atoms with Crippen LogP contribution in [0.3, 0.4) is 0 Å². The Morgan fingerprint density at radius 3 is 2.35 bits per heavy atom. The van der Waals surface area contributed by atoms with Gasteiger partial charge in [0.2, 0.25) is 0 Å². The number of amides is 1. The SMILES string of the molecule is COP(OC)C(C)Sc1ccc(NC(=O)c2nc(-c3ccc(C)cc3)cnc2N)cc1. The molecule has 1 aromatic heterocycles. The highest BCUT2D eigenvalue weighted by Crippen LogP contribution is 2.49. The fourth-order valence-corrected chi connectivity index (χ4v) is 5.50. The quantitative estimate of drug-likeness (QED) is 0.349. The highest BCUT2D eigenvalue weighted by atomic mass is 32.2. The molecule has 7 nitrogen and oxygen atoms in total. The van der Waals surface area contributed by atoms with Crippen LogP contribution in [0.1, 0.15) is 23.0 Å². The van der Waals surface area contributed by atoms with E-state index in [2.05, 4.69) is 22.2 Å². The lowest BCUT2D eigenvalue weighted by Crippen LogP contribution is -2.17. The first-order valence-corrected chi connectivity index (χ1v) is 11.7. The minimum atomic E-state index is -0.957. The first-order valence-electron chi connectivity index (χ1n) is 9.56. The van der Waals surface area contributed by atoms with Gasteiger partial charge in [-0.1, -0.05) is 29.8 Å². The van der Waals surface area contributed by atoms with Crippen LogP contribution in [-0.2, 0) is 9.05 Å². The Hall–Kier alpha value is -2.51. The highest BCUT2D eigenvalue weighted by Gasteiger charge is 2.19. The number of hydrogen-bond donors (Lipinski definition) is 2. The van der Waals surface area contributed by atoms with Gasteiger partial charge in [0.1, 0.15) is 0 Å². The lowest BCUT2D eigenvalue weighted by atomic mass is 10.1. The van der Waals surface area contributed by atoms with E-state index in [0.29, 0.717) is 11.4 Å². The Morgan fingerprint density at radius 1 is 1.10 bits per heavy atom. The molecule has 1 atom stereocenters. The second-order valence-electron chi connectivity index (χ2n) is 6.70. The number of nitrogens with zero attached hydrogens (tertiary/aromatic N) is 2. The van der Waals surface area contributed by atoms with Gasteiger partial charge in [-0.05, 0) is 38.1 Å². The molecule has 3 N–H and O–H groups in total. The van der Waals surface area contributed by atoms with Crippen molar-refractivity contribution in [2.24, 2.45) is 0 Å². The lowest BCUT2D eigenvalue weighted by Gasteiger charge is -2.19. The summed E-state index contributed by atoms with van der Waals surface area (Å²) in [6.45, 7) is 4.07. The first kappa shape index (κ1) is 23.2. The maximum atomic E-state index is 12.8. The Kier molecular flexibility index (Phi) is 7.98. The summed E-state index contributed by atoms with van der Waals surface area (Å²) in [6.07, 6.45) is 1.57. The molecule has 9 heteroatoms. The molecule has 0 aliphatic carbocycles. The zero-order valence-electron chi connectivity index (χ0n) is 17.8. The first-order chi connectivity index (χ1) is 14.9. The molecular weight excluding hydrogens is 431 g/mol. The molecule has 0 spiro atoms. The normalized spacial score (nSPS) is 12.0. The van der Waals surface area contributed by atoms with Crippen LogP contribution in [0.15, 0.2) is 59.6 Å². The van der Waals surface area contributed by atoms with Crippen molar-refractivity contribution in [3.05, 3.63) is 66.0 Å². The van der Waals surface area contributed by atoms with Crippen LogP contribution in [-0.4, -0.2) is 35.1 Å². The summed E-state index contributed by atoms with van der Waals surface area (Å²) in [5, 5.41) is 2.84. The zero-order chi connectivity index (χ0) is 22.4. The molecular formula is C22H25N4O3PS. The predicted molar refractivity (Wildman–Crippen MR) is 127 cm³/mol. The minimum Gasteiger partial charge on any atom is -0.382 e. The predicted octanol–water partition coefficient (Wildman–Crippen LogP) is 5.33. The Balaban J connectivity index is 1.71. The van der Waals surface area contributed by atoms with Gasteiger partial charge < -0.3 is 20.1 Å². The molecule has 31 heavy (non-hydrogen) atoms. The molecule has 0 aliphatic rings. The average Bonchev–Trinajstić information content (AvgIpc) is 2.77. The van der Waals surface area contributed by atoms with Crippen molar-refractivity contribution in [2.75, 3.05) is 25.3 Å². The number of thioether (sulfide) groups is 1. The van der Waals surface area contributed by atoms with Gasteiger partial charge in [-0.25, -0.2) is 9.97 Å². The van der Waals surface area contributed by atoms with Crippen LogP contribution in [0.4, 0.5) is 11.5 Å². The number of nitrogens with one attached hydrogen (secondary N) is 1. The Bertz CT molecular complexity index is 1030. The number of aryl methyl sites for hydroxylation is 1. The maximum Gasteiger partial charge on any atom is 0.278 e. The van der Waals surface area contributed by atoms with Gasteiger partial charge in [0.05, 0.1) is 16.9 Å². The molecule has 0 aliphatic heterocycles. The number of hydrogen-bond acceptors (Lipinski definition) is 7. The largest absolute Gasteiger partial charge is 0.382 e. The van der Waals surface area contributed by atoms with E-state index in [9.17, 15) is 4.79 Å². The van der Waals surface area contributed by atoms with Crippen molar-refractivity contribution >= 4 is 37.5 Å². The van der Waals surface area contributed by atoms with Crippen LogP contribution in [0, 0.1) is 6.92 Å². The standard InChI is InChI=1S/C22H25N4O3PS/c1-14-5-7-16(8-6-14)19-13-24-21(23)20(26-19)22(27)25-17-9-11-18(12-10-17)31-15(2)30(28-3)29-4/h5-13,15H,1-4H3,(H2,23,24)(H,25,27). The Morgan fingerprint density at radius 2 is 1.74 bits per heavy atom. The van der Waals surface area contributed by atoms with E-state index in [1.54, 1.807) is 32.2 Å². The number of carbonyl (C=O) groups excluding carboxylic acids is 1. The number of anilines is 2. The van der Waals surface area contributed by atoms with Gasteiger partial charge in [0.15, 0.2) is 19.9 Å². The summed E-state index contributed by atoms with van der Waals surface area (Å²) < 4.78 is 10.7. The van der Waals surface area contributed by atoms with Crippen molar-refractivity contribution in [1.29, 1.82) is 0 Å². The monoisotopic (exact) mass is 456 g/mol. The number of carbonyl (C=O) groups is 1. The zero-order valence-corrected chi connectivity index (χ0v) is 19.5. The van der Waals surface area contributed by atoms with Crippen LogP contribution in [0.25, 0.3) is 11.3 Å². The fraction of sp³-hybridized carbons (Fsp3) is 0.227. The number of rotatable bonds is 8. The van der Waals surface area contributed by atoms with E-state index < -0.39 is 14.3 Å². The molecule has 1 unspecified atom stereocenters. The van der Waals surface area contributed by atoms with E-state index in [1.165, 1.54) is 0 Å². The molecule has 0 radical (unpaired) electrons. The van der Waals surface area contributed by atoms with E-state index in [4.69, 9.17) is 14.8 Å². The van der Waals surface area contributed by atoms with E-state index in [-0.39, 0.29) is 16.5 Å². The van der Waals surface area contributed by atoms with Crippen LogP contribution in [0.2, 0.25) is 0 Å². The summed E-state index contributed by atoms with van der Waals surface area (Å²) >= 11 is 1.65. The van der Waals surface area contributed by atoms with Crippen LogP contribution >= 0.6 is 20.1 Å². The Labute approximate surface area is 187 Å². The molecule has 0 fully saturated rings. The summed E-state index contributed by atoms with van der Waals surface area (Å²) in [5.74, 6) is -0.322. The topological polar surface area (TPSA) is 99.4 Å². The maximum absolute atomic E-state index is 12.8. The van der Waals surface area contributed by atoms with Gasteiger partial charge in [0, 0.05) is 30.4 Å². The summed E-state index contributed by atoms with van der Waals surface area (Å²) in [6, 6.07) is 15.4. The molecule has 162 valence electrons. The molecule has 0 saturated heterocycles. The van der Waals surface area contributed by atoms with Crippen molar-refractivity contribution < 1.29 is 13.8 Å². The lowest BCUT2D eigenvalue weighted by molar-refractivity contribution is 0.102. The summed E-state index contributed by atoms with van der Waals surface area (Å²) in [7, 11) is 2.34. The molecule has 3 rings (SSSR count). The van der Waals surface area contributed by atoms with Gasteiger partial charge >= 0.3 is 0 Å². The third kappa shape index (κ3) is 6.02. The third-order valence-electron chi connectivity index (χ3n) is 4.44. The van der Waals surface area contributed by atoms with E-state index >= 15 is 0 Å². The number of nitrogens with two attached hydrogens (primary N) is 1. The molecule has 2 aromatic carbocycles. The summed E-state index contributed by atoms with van der Waals surface area (Å²) in [4.78, 5) is 22.6. The summed E-state index contributed by atoms with van der Waals surface area (Å²) in [5.41, 5.74) is 9.26. The second-order valence-corrected chi connectivity index (χ2v) is 10.5. The average molecular weight is 457 g/mol. The van der Waals surface area contributed by atoms with Gasteiger partial charge in [-0.2, -0.15) is 0 Å². The number of aromatic nitrogens is 2. The number of benzene rings is 2. The minimum absolute atomic E-state index is 0.0850. The van der Waals surface area contributed by atoms with Crippen molar-refractivity contribution in [3.8, 4) is 11.3 Å². The third-order valence-corrected chi connectivity index (χ3v) is 7.47. The van der Waals surface area contributed by atoms with Gasteiger partial charge in [-0.15, -0.1) is 11.8 Å². The van der Waals surface area contributed by atoms with Crippen molar-refractivity contribution in [3.63, 3.8) is 0 Å². The van der Waals surface area contributed by atoms with Gasteiger partial charge in [-0.3, -0.25) is 4.79 Å². The smallest absolute Gasteiger partial charge is 0.278 e. The fourth-order valence-electron chi connectivity index (χ4n) is 2.85. The highest BCUT2D eigenvalue weighted by molar-refractivity contribution is 8.04. The number of nitrogen functional groups attached to an aromatic ring is 1. The van der Waals surface area contributed by atoms with Crippen molar-refractivity contribution in [2.45, 2.75) is 23.7 Å². The molecule has 1 amide bonds. The van der Waals surface area contributed by atoms with Gasteiger partial charge in [0.25, 0.3) is 5.91 Å². The van der Waals surface area contributed by atoms with Crippen LogP contribution < -0.4 is 11.1 Å². The van der Waals surface area contributed by atoms with E-state index in [1.807, 2.05) is 55.5 Å². The second kappa shape index (κ2) is 10.7. The van der Waals surface area contributed by atoms with Crippen LogP contribution in [0.5, 0.6) is 0 Å². The molecule has 0 bridgehead atoms. The molecule has 0 saturated carbocycles. The van der Waals surface area contributed by atoms with E-state index in [0.717, 1.165) is 16.0 Å². The molecule has 1 heterocycles.